The third kappa shape index (κ3) is 5.50. The van der Waals surface area contributed by atoms with E-state index in [1.807, 2.05) is 6.92 Å². The maximum atomic E-state index is 12.3. The van der Waals surface area contributed by atoms with Crippen molar-refractivity contribution in [2.45, 2.75) is 67.9 Å². The molecule has 7 heteroatoms. The molecule has 0 heterocycles. The van der Waals surface area contributed by atoms with E-state index in [0.29, 0.717) is 10.9 Å². The molecule has 0 unspecified atom stereocenters. The third-order valence-electron chi connectivity index (χ3n) is 3.89. The fraction of sp³-hybridized carbons (Fsp3) is 0.588. The summed E-state index contributed by atoms with van der Waals surface area (Å²) in [5.41, 5.74) is 0.613. The molecule has 1 aromatic carbocycles. The van der Waals surface area contributed by atoms with Gasteiger partial charge in [0.15, 0.2) is 0 Å². The van der Waals surface area contributed by atoms with E-state index in [9.17, 15) is 13.2 Å². The van der Waals surface area contributed by atoms with E-state index in [1.165, 1.54) is 37.8 Å². The van der Waals surface area contributed by atoms with E-state index in [0.717, 1.165) is 0 Å². The first-order valence-corrected chi connectivity index (χ1v) is 10.8. The number of amides is 1. The normalized spacial score (nSPS) is 17.2. The van der Waals surface area contributed by atoms with Crippen molar-refractivity contribution in [1.82, 2.24) is 4.72 Å². The molecule has 0 aromatic heterocycles. The Morgan fingerprint density at radius 2 is 1.71 bits per heavy atom. The average molecular weight is 371 g/mol. The highest BCUT2D eigenvalue weighted by Crippen LogP contribution is 2.32. The second-order valence-corrected chi connectivity index (χ2v) is 9.83. The minimum atomic E-state index is -3.50. The Bertz CT molecular complexity index is 651. The second kappa shape index (κ2) is 8.36. The van der Waals surface area contributed by atoms with Gasteiger partial charge >= 0.3 is 0 Å². The van der Waals surface area contributed by atoms with E-state index in [1.54, 1.807) is 37.7 Å². The molecule has 24 heavy (non-hydrogen) atoms. The van der Waals surface area contributed by atoms with Crippen molar-refractivity contribution in [3.63, 3.8) is 0 Å². The molecule has 2 N–H and O–H groups in total. The molecule has 0 aliphatic heterocycles. The Morgan fingerprint density at radius 3 is 2.25 bits per heavy atom. The monoisotopic (exact) mass is 370 g/mol. The lowest BCUT2D eigenvalue weighted by Crippen LogP contribution is -2.30. The predicted molar refractivity (Wildman–Crippen MR) is 99.8 cm³/mol. The Hall–Kier alpha value is -1.05. The maximum absolute atomic E-state index is 12.3. The lowest BCUT2D eigenvalue weighted by atomic mass is 10.3. The molecule has 0 bridgehead atoms. The van der Waals surface area contributed by atoms with Crippen molar-refractivity contribution < 1.29 is 13.2 Å². The second-order valence-electron chi connectivity index (χ2n) is 6.47. The molecular formula is C17H26N2O3S2. The van der Waals surface area contributed by atoms with E-state index in [4.69, 9.17) is 0 Å². The molecule has 1 fully saturated rings. The van der Waals surface area contributed by atoms with Crippen LogP contribution in [-0.2, 0) is 14.8 Å². The zero-order valence-electron chi connectivity index (χ0n) is 14.4. The van der Waals surface area contributed by atoms with Gasteiger partial charge in [-0.15, -0.1) is 11.8 Å². The van der Waals surface area contributed by atoms with Crippen LogP contribution in [0.2, 0.25) is 0 Å². The van der Waals surface area contributed by atoms with Crippen molar-refractivity contribution in [2.75, 3.05) is 5.32 Å². The summed E-state index contributed by atoms with van der Waals surface area (Å²) in [6.07, 6.45) is 4.90. The van der Waals surface area contributed by atoms with Crippen LogP contribution in [0.4, 0.5) is 5.69 Å². The molecule has 0 spiro atoms. The lowest BCUT2D eigenvalue weighted by molar-refractivity contribution is -0.115. The van der Waals surface area contributed by atoms with Crippen molar-refractivity contribution in [1.29, 1.82) is 0 Å². The smallest absolute Gasteiger partial charge is 0.240 e. The molecule has 5 nitrogen and oxygen atoms in total. The maximum Gasteiger partial charge on any atom is 0.240 e. The fourth-order valence-electron chi connectivity index (χ4n) is 2.71. The van der Waals surface area contributed by atoms with Gasteiger partial charge in [0, 0.05) is 17.0 Å². The minimum Gasteiger partial charge on any atom is -0.325 e. The molecule has 134 valence electrons. The topological polar surface area (TPSA) is 75.3 Å². The Balaban J connectivity index is 1.94. The van der Waals surface area contributed by atoms with E-state index >= 15 is 0 Å². The van der Waals surface area contributed by atoms with Gasteiger partial charge in [-0.05, 0) is 57.9 Å². The zero-order valence-corrected chi connectivity index (χ0v) is 16.0. The molecule has 1 aliphatic rings. The van der Waals surface area contributed by atoms with Crippen molar-refractivity contribution in [2.24, 2.45) is 0 Å². The van der Waals surface area contributed by atoms with E-state index in [-0.39, 0.29) is 22.1 Å². The number of thioether (sulfide) groups is 1. The van der Waals surface area contributed by atoms with Crippen molar-refractivity contribution in [3.8, 4) is 0 Å². The summed E-state index contributed by atoms with van der Waals surface area (Å²) in [5, 5.41) is 3.33. The number of hydrogen-bond donors (Lipinski definition) is 2. The molecule has 1 amide bonds. The van der Waals surface area contributed by atoms with Gasteiger partial charge in [-0.1, -0.05) is 12.8 Å². The number of carbonyl (C=O) groups excluding carboxylic acids is 1. The van der Waals surface area contributed by atoms with Crippen LogP contribution in [0.15, 0.2) is 29.2 Å². The van der Waals surface area contributed by atoms with Crippen LogP contribution >= 0.6 is 11.8 Å². The molecule has 2 rings (SSSR count). The Labute approximate surface area is 149 Å². The molecule has 1 aromatic rings. The standard InChI is InChI=1S/C17H26N2O3S2/c1-12(2)19-24(21,22)16-10-8-14(9-11-16)18-17(20)13(3)23-15-6-4-5-7-15/h8-13,15,19H,4-7H2,1-3H3,(H,18,20)/t13-/m0/s1. The van der Waals surface area contributed by atoms with E-state index < -0.39 is 10.0 Å². The highest BCUT2D eigenvalue weighted by molar-refractivity contribution is 8.01. The van der Waals surface area contributed by atoms with Gasteiger partial charge < -0.3 is 5.32 Å². The number of carbonyl (C=O) groups is 1. The highest BCUT2D eigenvalue weighted by atomic mass is 32.2. The number of rotatable bonds is 7. The lowest BCUT2D eigenvalue weighted by Gasteiger charge is -2.16. The number of benzene rings is 1. The average Bonchev–Trinajstić information content (AvgIpc) is 2.99. The van der Waals surface area contributed by atoms with Gasteiger partial charge in [0.1, 0.15) is 0 Å². The van der Waals surface area contributed by atoms with Crippen LogP contribution < -0.4 is 10.0 Å². The van der Waals surface area contributed by atoms with Crippen LogP contribution in [0, 0.1) is 0 Å². The van der Waals surface area contributed by atoms with Crippen LogP contribution in [0.5, 0.6) is 0 Å². The summed E-state index contributed by atoms with van der Waals surface area (Å²) in [7, 11) is -3.50. The Kier molecular flexibility index (Phi) is 6.71. The first kappa shape index (κ1) is 19.3. The summed E-state index contributed by atoms with van der Waals surface area (Å²) < 4.78 is 26.7. The van der Waals surface area contributed by atoms with Gasteiger partial charge in [0.2, 0.25) is 15.9 Å². The van der Waals surface area contributed by atoms with Gasteiger partial charge in [-0.3, -0.25) is 4.79 Å². The molecule has 0 saturated heterocycles. The van der Waals surface area contributed by atoms with Crippen molar-refractivity contribution >= 4 is 33.4 Å². The predicted octanol–water partition coefficient (Wildman–Crippen LogP) is 3.38. The largest absolute Gasteiger partial charge is 0.325 e. The number of sulfonamides is 1. The van der Waals surface area contributed by atoms with Crippen LogP contribution in [-0.4, -0.2) is 30.9 Å². The number of nitrogens with one attached hydrogen (secondary N) is 2. The minimum absolute atomic E-state index is 0.0391. The highest BCUT2D eigenvalue weighted by Gasteiger charge is 2.22. The van der Waals surface area contributed by atoms with Gasteiger partial charge in [-0.2, -0.15) is 0 Å². The number of anilines is 1. The van der Waals surface area contributed by atoms with Gasteiger partial charge in [-0.25, -0.2) is 13.1 Å². The van der Waals surface area contributed by atoms with Gasteiger partial charge in [0.25, 0.3) is 0 Å². The summed E-state index contributed by atoms with van der Waals surface area (Å²) in [5.74, 6) is -0.0391. The number of hydrogen-bond acceptors (Lipinski definition) is 4. The van der Waals surface area contributed by atoms with E-state index in [2.05, 4.69) is 10.0 Å². The zero-order chi connectivity index (χ0) is 17.7. The molecule has 1 aliphatic carbocycles. The molecule has 0 radical (unpaired) electrons. The summed E-state index contributed by atoms with van der Waals surface area (Å²) in [6.45, 7) is 5.47. The molecule has 1 atom stereocenters. The first-order chi connectivity index (χ1) is 11.3. The van der Waals surface area contributed by atoms with Crippen LogP contribution in [0.3, 0.4) is 0 Å². The Morgan fingerprint density at radius 1 is 1.12 bits per heavy atom. The molecular weight excluding hydrogens is 344 g/mol. The fourth-order valence-corrected chi connectivity index (χ4v) is 5.33. The molecule has 1 saturated carbocycles. The summed E-state index contributed by atoms with van der Waals surface area (Å²) in [6, 6.07) is 6.10. The third-order valence-corrected chi connectivity index (χ3v) is 7.04. The van der Waals surface area contributed by atoms with Gasteiger partial charge in [0.05, 0.1) is 10.1 Å². The van der Waals surface area contributed by atoms with Crippen molar-refractivity contribution in [3.05, 3.63) is 24.3 Å². The first-order valence-electron chi connectivity index (χ1n) is 8.36. The summed E-state index contributed by atoms with van der Waals surface area (Å²) in [4.78, 5) is 12.5. The quantitative estimate of drug-likeness (QED) is 0.771. The SMILES string of the molecule is CC(C)NS(=O)(=O)c1ccc(NC(=O)[C@H](C)SC2CCCC2)cc1. The summed E-state index contributed by atoms with van der Waals surface area (Å²) >= 11 is 1.73. The van der Waals surface area contributed by atoms with Crippen LogP contribution in [0.1, 0.15) is 46.5 Å². The van der Waals surface area contributed by atoms with Crippen LogP contribution in [0.25, 0.3) is 0 Å².